The Bertz CT molecular complexity index is 546. The van der Waals surface area contributed by atoms with Gasteiger partial charge in [0.1, 0.15) is 5.78 Å². The summed E-state index contributed by atoms with van der Waals surface area (Å²) in [5, 5.41) is 0. The molecule has 0 heterocycles. The fourth-order valence-electron chi connectivity index (χ4n) is 6.33. The molecule has 0 aromatic rings. The Hall–Kier alpha value is -0.920. The molecule has 2 nitrogen and oxygen atoms in total. The van der Waals surface area contributed by atoms with Crippen LogP contribution in [0.25, 0.3) is 0 Å². The topological polar surface area (TPSA) is 34.1 Å². The second-order valence-electron chi connectivity index (χ2n) is 8.39. The summed E-state index contributed by atoms with van der Waals surface area (Å²) < 4.78 is 0. The molecule has 4 rings (SSSR count). The normalized spacial score (nSPS) is 49.2. The maximum Gasteiger partial charge on any atom is 0.155 e. The van der Waals surface area contributed by atoms with E-state index in [0.29, 0.717) is 29.3 Å². The average Bonchev–Trinajstić information content (AvgIpc) is 2.76. The smallest absolute Gasteiger partial charge is 0.155 e. The first-order valence-electron chi connectivity index (χ1n) is 8.72. The minimum absolute atomic E-state index is 0.0246. The van der Waals surface area contributed by atoms with Crippen LogP contribution in [0.3, 0.4) is 0 Å². The van der Waals surface area contributed by atoms with Gasteiger partial charge in [-0.2, -0.15) is 0 Å². The number of hydrogen-bond acceptors (Lipinski definition) is 2. The summed E-state index contributed by atoms with van der Waals surface area (Å²) in [6, 6.07) is 0. The highest BCUT2D eigenvalue weighted by Gasteiger charge is 2.58. The largest absolute Gasteiger partial charge is 0.299 e. The van der Waals surface area contributed by atoms with Gasteiger partial charge in [0, 0.05) is 18.3 Å². The summed E-state index contributed by atoms with van der Waals surface area (Å²) in [5.41, 5.74) is 1.64. The molecule has 5 atom stereocenters. The lowest BCUT2D eigenvalue weighted by molar-refractivity contribution is -0.132. The molecule has 0 radical (unpaired) electrons. The van der Waals surface area contributed by atoms with Gasteiger partial charge in [-0.05, 0) is 67.8 Å². The lowest BCUT2D eigenvalue weighted by atomic mass is 9.47. The van der Waals surface area contributed by atoms with E-state index in [1.807, 2.05) is 6.08 Å². The van der Waals surface area contributed by atoms with Gasteiger partial charge in [-0.3, -0.25) is 9.59 Å². The molecule has 3 saturated carbocycles. The van der Waals surface area contributed by atoms with E-state index in [0.717, 1.165) is 38.5 Å². The van der Waals surface area contributed by atoms with E-state index >= 15 is 0 Å². The zero-order valence-electron chi connectivity index (χ0n) is 13.3. The quantitative estimate of drug-likeness (QED) is 0.672. The molecule has 1 unspecified atom stereocenters. The summed E-state index contributed by atoms with van der Waals surface area (Å²) in [7, 11) is 0. The third-order valence-corrected chi connectivity index (χ3v) is 7.67. The lowest BCUT2D eigenvalue weighted by Crippen LogP contribution is -2.50. The van der Waals surface area contributed by atoms with Gasteiger partial charge >= 0.3 is 0 Å². The first-order valence-corrected chi connectivity index (χ1v) is 8.72. The first kappa shape index (κ1) is 13.7. The number of rotatable bonds is 0. The molecule has 3 fully saturated rings. The number of allylic oxidation sites excluding steroid dienone is 1. The number of ketones is 2. The highest BCUT2D eigenvalue weighted by atomic mass is 16.1. The number of fused-ring (bicyclic) bond motifs is 5. The van der Waals surface area contributed by atoms with Crippen molar-refractivity contribution in [2.45, 2.75) is 65.2 Å². The molecular formula is C19H26O2. The molecule has 114 valence electrons. The van der Waals surface area contributed by atoms with E-state index in [4.69, 9.17) is 0 Å². The maximum absolute atomic E-state index is 12.4. The first-order chi connectivity index (χ1) is 9.95. The molecule has 2 heteroatoms. The molecule has 0 saturated heterocycles. The number of carbonyl (C=O) groups is 2. The molecule has 0 N–H and O–H groups in total. The van der Waals surface area contributed by atoms with Crippen molar-refractivity contribution in [3.05, 3.63) is 11.6 Å². The van der Waals surface area contributed by atoms with E-state index < -0.39 is 0 Å². The molecular weight excluding hydrogens is 260 g/mol. The molecule has 4 aliphatic carbocycles. The monoisotopic (exact) mass is 286 g/mol. The Labute approximate surface area is 127 Å². The van der Waals surface area contributed by atoms with Crippen molar-refractivity contribution in [2.24, 2.45) is 28.6 Å². The van der Waals surface area contributed by atoms with Gasteiger partial charge in [-0.25, -0.2) is 0 Å². The predicted octanol–water partition coefficient (Wildman–Crippen LogP) is 4.09. The second-order valence-corrected chi connectivity index (χ2v) is 8.39. The van der Waals surface area contributed by atoms with E-state index in [2.05, 4.69) is 13.8 Å². The van der Waals surface area contributed by atoms with Gasteiger partial charge in [0.05, 0.1) is 0 Å². The standard InChI is InChI=1S/C19H26O2/c1-18-9-7-13(20)11-12(18)3-4-14-15-5-6-17(21)19(15,2)10-8-16(14)18/h11,14-16H,3-10H2,1-2H3/t14?,15-,16-,18-,19-/m0/s1. The van der Waals surface area contributed by atoms with E-state index in [1.54, 1.807) is 0 Å². The van der Waals surface area contributed by atoms with Crippen molar-refractivity contribution in [3.8, 4) is 0 Å². The van der Waals surface area contributed by atoms with Gasteiger partial charge in [-0.15, -0.1) is 0 Å². The summed E-state index contributed by atoms with van der Waals surface area (Å²) in [6.07, 6.45) is 10.2. The van der Waals surface area contributed by atoms with E-state index in [-0.39, 0.29) is 10.8 Å². The van der Waals surface area contributed by atoms with Crippen LogP contribution in [0.5, 0.6) is 0 Å². The molecule has 21 heavy (non-hydrogen) atoms. The van der Waals surface area contributed by atoms with Crippen molar-refractivity contribution in [1.82, 2.24) is 0 Å². The number of Topliss-reactive ketones (excluding diaryl/α,β-unsaturated/α-hetero) is 1. The van der Waals surface area contributed by atoms with Gasteiger partial charge in [0.15, 0.2) is 5.78 Å². The van der Waals surface area contributed by atoms with Crippen molar-refractivity contribution in [1.29, 1.82) is 0 Å². The number of hydrogen-bond donors (Lipinski definition) is 0. The molecule has 0 amide bonds. The van der Waals surface area contributed by atoms with Crippen LogP contribution in [0.15, 0.2) is 11.6 Å². The van der Waals surface area contributed by atoms with E-state index in [9.17, 15) is 9.59 Å². The zero-order chi connectivity index (χ0) is 14.8. The minimum Gasteiger partial charge on any atom is -0.299 e. The van der Waals surface area contributed by atoms with Gasteiger partial charge < -0.3 is 0 Å². The minimum atomic E-state index is -0.0246. The third-order valence-electron chi connectivity index (χ3n) is 7.67. The van der Waals surface area contributed by atoms with Crippen LogP contribution in [-0.2, 0) is 9.59 Å². The Kier molecular flexibility index (Phi) is 2.81. The summed E-state index contributed by atoms with van der Waals surface area (Å²) in [4.78, 5) is 24.1. The molecule has 0 spiro atoms. The highest BCUT2D eigenvalue weighted by molar-refractivity contribution is 5.91. The molecule has 4 aliphatic rings. The van der Waals surface area contributed by atoms with Crippen LogP contribution in [0, 0.1) is 28.6 Å². The van der Waals surface area contributed by atoms with E-state index in [1.165, 1.54) is 18.4 Å². The lowest BCUT2D eigenvalue weighted by Gasteiger charge is -2.56. The van der Waals surface area contributed by atoms with Crippen molar-refractivity contribution >= 4 is 11.6 Å². The van der Waals surface area contributed by atoms with Gasteiger partial charge in [0.2, 0.25) is 0 Å². The Balaban J connectivity index is 1.70. The van der Waals surface area contributed by atoms with Gasteiger partial charge in [-0.1, -0.05) is 19.4 Å². The highest BCUT2D eigenvalue weighted by Crippen LogP contribution is 2.64. The predicted molar refractivity (Wildman–Crippen MR) is 81.7 cm³/mol. The van der Waals surface area contributed by atoms with Crippen LogP contribution in [0.2, 0.25) is 0 Å². The maximum atomic E-state index is 12.4. The van der Waals surface area contributed by atoms with Crippen LogP contribution in [0.1, 0.15) is 65.2 Å². The third kappa shape index (κ3) is 1.71. The van der Waals surface area contributed by atoms with Crippen LogP contribution in [-0.4, -0.2) is 11.6 Å². The summed E-state index contributed by atoms with van der Waals surface area (Å²) in [5.74, 6) is 2.88. The number of carbonyl (C=O) groups excluding carboxylic acids is 2. The Morgan fingerprint density at radius 3 is 2.48 bits per heavy atom. The van der Waals surface area contributed by atoms with Crippen LogP contribution >= 0.6 is 0 Å². The molecule has 0 aromatic heterocycles. The fraction of sp³-hybridized carbons (Fsp3) is 0.789. The second kappa shape index (κ2) is 4.30. The Morgan fingerprint density at radius 1 is 0.905 bits per heavy atom. The Morgan fingerprint density at radius 2 is 1.67 bits per heavy atom. The van der Waals surface area contributed by atoms with Gasteiger partial charge in [0.25, 0.3) is 0 Å². The van der Waals surface area contributed by atoms with Crippen molar-refractivity contribution < 1.29 is 9.59 Å². The fourth-order valence-corrected chi connectivity index (χ4v) is 6.33. The van der Waals surface area contributed by atoms with Crippen LogP contribution < -0.4 is 0 Å². The van der Waals surface area contributed by atoms with Crippen molar-refractivity contribution in [3.63, 3.8) is 0 Å². The summed E-state index contributed by atoms with van der Waals surface area (Å²) >= 11 is 0. The van der Waals surface area contributed by atoms with Crippen LogP contribution in [0.4, 0.5) is 0 Å². The molecule has 0 aromatic carbocycles. The molecule has 0 aliphatic heterocycles. The SMILES string of the molecule is C[C@]12CCC(=O)C=C1CCC1[C@@H]2CC[C@]2(C)C(=O)CC[C@@H]12. The average molecular weight is 286 g/mol. The zero-order valence-corrected chi connectivity index (χ0v) is 13.3. The summed E-state index contributed by atoms with van der Waals surface area (Å²) in [6.45, 7) is 4.64. The molecule has 0 bridgehead atoms. The van der Waals surface area contributed by atoms with Crippen molar-refractivity contribution in [2.75, 3.05) is 0 Å².